The number of nitrogens with zero attached hydrogens (tertiary/aromatic N) is 1. The summed E-state index contributed by atoms with van der Waals surface area (Å²) in [4.78, 5) is 2.44. The average Bonchev–Trinajstić information content (AvgIpc) is 3.81. The maximum absolute atomic E-state index is 6.36. The monoisotopic (exact) mass is 719 g/mol. The van der Waals surface area contributed by atoms with Crippen molar-refractivity contribution in [1.82, 2.24) is 0 Å². The molecule has 2 nitrogen and oxygen atoms in total. The van der Waals surface area contributed by atoms with Crippen LogP contribution in [0.25, 0.3) is 66.4 Å². The Labute approximate surface area is 328 Å². The summed E-state index contributed by atoms with van der Waals surface area (Å²) < 4.78 is 6.36. The number of benzene rings is 8. The third kappa shape index (κ3) is 4.75. The molecule has 9 aromatic rings. The van der Waals surface area contributed by atoms with Gasteiger partial charge in [0.1, 0.15) is 11.2 Å². The number of hydrogen-bond acceptors (Lipinski definition) is 2. The largest absolute Gasteiger partial charge is 0.455 e. The van der Waals surface area contributed by atoms with Crippen LogP contribution in [0.1, 0.15) is 49.9 Å². The summed E-state index contributed by atoms with van der Waals surface area (Å²) in [6.45, 7) is 9.44. The van der Waals surface area contributed by atoms with E-state index in [0.29, 0.717) is 0 Å². The van der Waals surface area contributed by atoms with Gasteiger partial charge in [0.2, 0.25) is 0 Å². The third-order valence-electron chi connectivity index (χ3n) is 12.7. The lowest BCUT2D eigenvalue weighted by Crippen LogP contribution is -2.18. The quantitative estimate of drug-likeness (QED) is 0.176. The van der Waals surface area contributed by atoms with Gasteiger partial charge < -0.3 is 9.32 Å². The molecule has 11 rings (SSSR count). The minimum atomic E-state index is -0.0961. The molecular weight excluding hydrogens is 679 g/mol. The summed E-state index contributed by atoms with van der Waals surface area (Å²) in [5.41, 5.74) is 20.6. The zero-order chi connectivity index (χ0) is 37.8. The Morgan fingerprint density at radius 2 is 0.804 bits per heavy atom. The molecule has 0 aliphatic heterocycles. The smallest absolute Gasteiger partial charge is 0.143 e. The Morgan fingerprint density at radius 3 is 1.41 bits per heavy atom. The number of para-hydroxylation sites is 2. The molecule has 268 valence electrons. The Bertz CT molecular complexity index is 2910. The Morgan fingerprint density at radius 1 is 0.357 bits per heavy atom. The van der Waals surface area contributed by atoms with Crippen LogP contribution >= 0.6 is 0 Å². The molecular formula is C54H41NO. The molecule has 8 aromatic carbocycles. The highest BCUT2D eigenvalue weighted by atomic mass is 16.3. The van der Waals surface area contributed by atoms with Crippen molar-refractivity contribution >= 4 is 39.0 Å². The number of hydrogen-bond donors (Lipinski definition) is 0. The number of fused-ring (bicyclic) bond motifs is 9. The number of rotatable bonds is 5. The van der Waals surface area contributed by atoms with Crippen molar-refractivity contribution in [2.75, 3.05) is 4.90 Å². The Balaban J connectivity index is 0.990. The molecule has 2 heteroatoms. The van der Waals surface area contributed by atoms with E-state index in [-0.39, 0.29) is 10.8 Å². The molecule has 0 saturated carbocycles. The normalized spacial score (nSPS) is 14.4. The van der Waals surface area contributed by atoms with Gasteiger partial charge in [-0.2, -0.15) is 0 Å². The molecule has 2 aliphatic rings. The standard InChI is InChI=1S/C54H41NO/c1-53(2)47-17-8-5-12-41(47)43-30-28-38(32-49(43)53)55(39-29-31-44-42-13-6-9-18-48(42)54(3,4)50(44)33-39)37-26-24-35(25-27-37)34-20-22-36(23-21-34)40-15-11-16-46-45-14-7-10-19-51(45)56-52(40)46/h5-33H,1-4H3. The molecule has 0 atom stereocenters. The van der Waals surface area contributed by atoms with Gasteiger partial charge in [-0.1, -0.05) is 161 Å². The van der Waals surface area contributed by atoms with Crippen LogP contribution in [0.3, 0.4) is 0 Å². The molecule has 0 spiro atoms. The van der Waals surface area contributed by atoms with Gasteiger partial charge in [0.25, 0.3) is 0 Å². The van der Waals surface area contributed by atoms with Crippen molar-refractivity contribution in [1.29, 1.82) is 0 Å². The first-order valence-corrected chi connectivity index (χ1v) is 19.7. The van der Waals surface area contributed by atoms with Crippen molar-refractivity contribution < 1.29 is 4.42 Å². The van der Waals surface area contributed by atoms with Gasteiger partial charge in [0.05, 0.1) is 0 Å². The van der Waals surface area contributed by atoms with Crippen molar-refractivity contribution in [3.05, 3.63) is 198 Å². The van der Waals surface area contributed by atoms with Crippen LogP contribution in [0.4, 0.5) is 17.1 Å². The van der Waals surface area contributed by atoms with Crippen LogP contribution < -0.4 is 4.90 Å². The highest BCUT2D eigenvalue weighted by Gasteiger charge is 2.37. The third-order valence-corrected chi connectivity index (χ3v) is 12.7. The second-order valence-electron chi connectivity index (χ2n) is 16.5. The lowest BCUT2D eigenvalue weighted by molar-refractivity contribution is 0.660. The van der Waals surface area contributed by atoms with Gasteiger partial charge in [0.15, 0.2) is 0 Å². The van der Waals surface area contributed by atoms with E-state index in [9.17, 15) is 0 Å². The van der Waals surface area contributed by atoms with Crippen molar-refractivity contribution in [3.63, 3.8) is 0 Å². The minimum absolute atomic E-state index is 0.0961. The first-order chi connectivity index (χ1) is 27.3. The zero-order valence-corrected chi connectivity index (χ0v) is 32.1. The van der Waals surface area contributed by atoms with Gasteiger partial charge >= 0.3 is 0 Å². The van der Waals surface area contributed by atoms with Crippen LogP contribution in [0, 0.1) is 0 Å². The van der Waals surface area contributed by atoms with Gasteiger partial charge in [-0.15, -0.1) is 0 Å². The molecule has 0 bridgehead atoms. The predicted octanol–water partition coefficient (Wildman–Crippen LogP) is 15.0. The molecule has 1 heterocycles. The van der Waals surface area contributed by atoms with Crippen LogP contribution in [0.5, 0.6) is 0 Å². The summed E-state index contributed by atoms with van der Waals surface area (Å²) in [5, 5.41) is 2.30. The first kappa shape index (κ1) is 32.8. The van der Waals surface area contributed by atoms with Crippen molar-refractivity contribution in [2.45, 2.75) is 38.5 Å². The molecule has 1 aromatic heterocycles. The maximum Gasteiger partial charge on any atom is 0.143 e. The van der Waals surface area contributed by atoms with Gasteiger partial charge in [-0.3, -0.25) is 0 Å². The SMILES string of the molecule is CC1(C)c2ccccc2-c2ccc(N(c3ccc(-c4ccc(-c5cccc6c5oc5ccccc56)cc4)cc3)c3ccc4c(c3)C(C)(C)c3ccccc3-4)cc21. The summed E-state index contributed by atoms with van der Waals surface area (Å²) in [6.07, 6.45) is 0. The fourth-order valence-electron chi connectivity index (χ4n) is 9.73. The molecule has 0 unspecified atom stereocenters. The summed E-state index contributed by atoms with van der Waals surface area (Å²) in [7, 11) is 0. The van der Waals surface area contributed by atoms with E-state index in [4.69, 9.17) is 4.42 Å². The predicted molar refractivity (Wildman–Crippen MR) is 234 cm³/mol. The van der Waals surface area contributed by atoms with E-state index < -0.39 is 0 Å². The highest BCUT2D eigenvalue weighted by Crippen LogP contribution is 2.53. The highest BCUT2D eigenvalue weighted by molar-refractivity contribution is 6.09. The topological polar surface area (TPSA) is 16.4 Å². The van der Waals surface area contributed by atoms with Gasteiger partial charge in [-0.25, -0.2) is 0 Å². The second-order valence-corrected chi connectivity index (χ2v) is 16.5. The zero-order valence-electron chi connectivity index (χ0n) is 32.1. The maximum atomic E-state index is 6.36. The fraction of sp³-hybridized carbons (Fsp3) is 0.111. The van der Waals surface area contributed by atoms with E-state index in [1.807, 2.05) is 12.1 Å². The lowest BCUT2D eigenvalue weighted by atomic mass is 9.82. The van der Waals surface area contributed by atoms with Crippen LogP contribution in [-0.2, 0) is 10.8 Å². The van der Waals surface area contributed by atoms with E-state index in [2.05, 4.69) is 196 Å². The molecule has 0 fully saturated rings. The molecule has 2 aliphatic carbocycles. The van der Waals surface area contributed by atoms with E-state index in [0.717, 1.165) is 50.1 Å². The Kier molecular flexibility index (Phi) is 6.98. The van der Waals surface area contributed by atoms with Crippen molar-refractivity contribution in [3.8, 4) is 44.5 Å². The lowest BCUT2D eigenvalue weighted by Gasteiger charge is -2.30. The van der Waals surface area contributed by atoms with Crippen LogP contribution in [0.2, 0.25) is 0 Å². The molecule has 0 saturated heterocycles. The molecule has 0 amide bonds. The van der Waals surface area contributed by atoms with Gasteiger partial charge in [-0.05, 0) is 104 Å². The minimum Gasteiger partial charge on any atom is -0.455 e. The molecule has 0 N–H and O–H groups in total. The number of anilines is 3. The first-order valence-electron chi connectivity index (χ1n) is 19.7. The summed E-state index contributed by atoms with van der Waals surface area (Å²) in [6, 6.07) is 64.6. The second kappa shape index (κ2) is 11.9. The van der Waals surface area contributed by atoms with Crippen LogP contribution in [0.15, 0.2) is 180 Å². The Hall–Kier alpha value is -6.64. The number of furan rings is 1. The fourth-order valence-corrected chi connectivity index (χ4v) is 9.73. The molecule has 56 heavy (non-hydrogen) atoms. The van der Waals surface area contributed by atoms with Crippen LogP contribution in [-0.4, -0.2) is 0 Å². The average molecular weight is 720 g/mol. The van der Waals surface area contributed by atoms with Crippen molar-refractivity contribution in [2.24, 2.45) is 0 Å². The summed E-state index contributed by atoms with van der Waals surface area (Å²) in [5.74, 6) is 0. The van der Waals surface area contributed by atoms with E-state index in [1.165, 1.54) is 55.6 Å². The van der Waals surface area contributed by atoms with E-state index >= 15 is 0 Å². The summed E-state index contributed by atoms with van der Waals surface area (Å²) >= 11 is 0. The molecule has 0 radical (unpaired) electrons. The van der Waals surface area contributed by atoms with E-state index in [1.54, 1.807) is 0 Å². The van der Waals surface area contributed by atoms with Gasteiger partial charge in [0, 0.05) is 44.2 Å².